The fraction of sp³-hybridized carbons (Fsp3) is 0.136. The summed E-state index contributed by atoms with van der Waals surface area (Å²) in [5.74, 6) is 0.823. The summed E-state index contributed by atoms with van der Waals surface area (Å²) in [5, 5.41) is 4.64. The van der Waals surface area contributed by atoms with Gasteiger partial charge in [0.25, 0.3) is 0 Å². The lowest BCUT2D eigenvalue weighted by molar-refractivity contribution is 0.796. The Morgan fingerprint density at radius 1 is 0.929 bits per heavy atom. The van der Waals surface area contributed by atoms with Crippen LogP contribution in [0.25, 0.3) is 21.9 Å². The number of fused-ring (bicyclic) bond motifs is 2. The highest BCUT2D eigenvalue weighted by molar-refractivity contribution is 5.90. The average molecular weight is 368 g/mol. The van der Waals surface area contributed by atoms with Crippen molar-refractivity contribution in [2.75, 3.05) is 5.32 Å². The van der Waals surface area contributed by atoms with Gasteiger partial charge in [-0.15, -0.1) is 0 Å². The summed E-state index contributed by atoms with van der Waals surface area (Å²) in [5.41, 5.74) is 5.21. The minimum absolute atomic E-state index is 0.758. The quantitative estimate of drug-likeness (QED) is 0.493. The van der Waals surface area contributed by atoms with Crippen molar-refractivity contribution in [3.63, 3.8) is 0 Å². The van der Waals surface area contributed by atoms with Gasteiger partial charge in [0.1, 0.15) is 11.8 Å². The monoisotopic (exact) mass is 368 g/mol. The molecule has 0 saturated heterocycles. The molecule has 6 heteroatoms. The largest absolute Gasteiger partial charge is 0.343 e. The maximum Gasteiger partial charge on any atom is 0.158 e. The van der Waals surface area contributed by atoms with Crippen molar-refractivity contribution in [3.05, 3.63) is 79.1 Å². The molecule has 0 amide bonds. The number of hydrogen-bond acceptors (Lipinski definition) is 4. The third-order valence-electron chi connectivity index (χ3n) is 4.98. The Balaban J connectivity index is 1.47. The molecule has 28 heavy (non-hydrogen) atoms. The molecule has 0 saturated carbocycles. The Morgan fingerprint density at radius 3 is 2.71 bits per heavy atom. The Bertz CT molecular complexity index is 1250. The van der Waals surface area contributed by atoms with Gasteiger partial charge < -0.3 is 14.5 Å². The lowest BCUT2D eigenvalue weighted by Gasteiger charge is -2.10. The van der Waals surface area contributed by atoms with E-state index in [0.717, 1.165) is 41.3 Å². The van der Waals surface area contributed by atoms with E-state index in [0.29, 0.717) is 0 Å². The molecule has 0 unspecified atom stereocenters. The maximum absolute atomic E-state index is 4.47. The molecule has 4 heterocycles. The number of rotatable bonds is 5. The van der Waals surface area contributed by atoms with Crippen LogP contribution in [0.15, 0.2) is 73.4 Å². The number of benzene rings is 1. The normalized spacial score (nSPS) is 11.3. The number of hydrogen-bond donors (Lipinski definition) is 1. The van der Waals surface area contributed by atoms with Crippen molar-refractivity contribution >= 4 is 33.4 Å². The van der Waals surface area contributed by atoms with Gasteiger partial charge in [0.05, 0.1) is 17.8 Å². The van der Waals surface area contributed by atoms with E-state index in [1.54, 1.807) is 6.33 Å². The molecule has 1 N–H and O–H groups in total. The molecule has 5 aromatic rings. The van der Waals surface area contributed by atoms with Crippen LogP contribution in [0.5, 0.6) is 0 Å². The molecule has 4 aromatic heterocycles. The van der Waals surface area contributed by atoms with E-state index in [-0.39, 0.29) is 0 Å². The fourth-order valence-corrected chi connectivity index (χ4v) is 3.61. The van der Waals surface area contributed by atoms with E-state index in [9.17, 15) is 0 Å². The third-order valence-corrected chi connectivity index (χ3v) is 4.98. The summed E-state index contributed by atoms with van der Waals surface area (Å²) < 4.78 is 4.37. The molecular formula is C22H20N6. The molecule has 6 nitrogen and oxygen atoms in total. The molecule has 5 rings (SSSR count). The number of aromatic nitrogens is 5. The lowest BCUT2D eigenvalue weighted by Crippen LogP contribution is -2.01. The van der Waals surface area contributed by atoms with E-state index in [4.69, 9.17) is 0 Å². The summed E-state index contributed by atoms with van der Waals surface area (Å²) in [6.45, 7) is 3.75. The second-order valence-corrected chi connectivity index (χ2v) is 6.72. The van der Waals surface area contributed by atoms with Gasteiger partial charge in [0.2, 0.25) is 0 Å². The van der Waals surface area contributed by atoms with Crippen LogP contribution in [0.2, 0.25) is 0 Å². The molecular weight excluding hydrogens is 348 g/mol. The first-order valence-electron chi connectivity index (χ1n) is 9.37. The number of nitrogens with zero attached hydrogens (tertiary/aromatic N) is 5. The van der Waals surface area contributed by atoms with E-state index in [2.05, 4.69) is 66.8 Å². The molecule has 1 aromatic carbocycles. The Hall–Kier alpha value is -3.67. The third kappa shape index (κ3) is 2.89. The topological polar surface area (TPSA) is 60.6 Å². The molecule has 0 atom stereocenters. The smallest absolute Gasteiger partial charge is 0.158 e. The number of anilines is 2. The number of aryl methyl sites for hydroxylation is 1. The van der Waals surface area contributed by atoms with Gasteiger partial charge in [-0.2, -0.15) is 0 Å². The van der Waals surface area contributed by atoms with Crippen molar-refractivity contribution in [1.82, 2.24) is 24.1 Å². The van der Waals surface area contributed by atoms with Gasteiger partial charge in [0, 0.05) is 41.7 Å². The van der Waals surface area contributed by atoms with Gasteiger partial charge in [-0.3, -0.25) is 4.98 Å². The van der Waals surface area contributed by atoms with E-state index >= 15 is 0 Å². The van der Waals surface area contributed by atoms with Crippen LogP contribution in [0.4, 0.5) is 11.5 Å². The van der Waals surface area contributed by atoms with E-state index < -0.39 is 0 Å². The molecule has 0 aliphatic heterocycles. The van der Waals surface area contributed by atoms with Crippen LogP contribution in [0, 0.1) is 0 Å². The van der Waals surface area contributed by atoms with Crippen LogP contribution in [0.1, 0.15) is 12.6 Å². The predicted octanol–water partition coefficient (Wildman–Crippen LogP) is 4.59. The van der Waals surface area contributed by atoms with Gasteiger partial charge in [-0.05, 0) is 49.4 Å². The van der Waals surface area contributed by atoms with Crippen molar-refractivity contribution in [2.24, 2.45) is 0 Å². The predicted molar refractivity (Wildman–Crippen MR) is 112 cm³/mol. The van der Waals surface area contributed by atoms with E-state index in [1.165, 1.54) is 10.9 Å². The van der Waals surface area contributed by atoms with Gasteiger partial charge in [-0.1, -0.05) is 6.07 Å². The SMILES string of the molecule is CCn1ccc2ncnc(Nc3ccc4c(ccn4Cc4ccccn4)c3)c21. The van der Waals surface area contributed by atoms with Crippen LogP contribution < -0.4 is 5.32 Å². The minimum atomic E-state index is 0.758. The molecule has 0 radical (unpaired) electrons. The number of pyridine rings is 1. The summed E-state index contributed by atoms with van der Waals surface area (Å²) in [6.07, 6.45) is 7.59. The van der Waals surface area contributed by atoms with Gasteiger partial charge in [-0.25, -0.2) is 9.97 Å². The second kappa shape index (κ2) is 6.81. The molecule has 0 aliphatic rings. The zero-order valence-electron chi connectivity index (χ0n) is 15.6. The van der Waals surface area contributed by atoms with Crippen molar-refractivity contribution in [3.8, 4) is 0 Å². The Labute approximate surface area is 162 Å². The first-order valence-corrected chi connectivity index (χ1v) is 9.37. The summed E-state index contributed by atoms with van der Waals surface area (Å²) in [4.78, 5) is 13.3. The van der Waals surface area contributed by atoms with Crippen LogP contribution in [-0.2, 0) is 13.1 Å². The highest BCUT2D eigenvalue weighted by atomic mass is 15.1. The fourth-order valence-electron chi connectivity index (χ4n) is 3.61. The summed E-state index contributed by atoms with van der Waals surface area (Å²) in [6, 6.07) is 16.5. The van der Waals surface area contributed by atoms with Crippen molar-refractivity contribution < 1.29 is 0 Å². The second-order valence-electron chi connectivity index (χ2n) is 6.72. The zero-order chi connectivity index (χ0) is 18.9. The molecule has 138 valence electrons. The molecule has 0 spiro atoms. The zero-order valence-corrected chi connectivity index (χ0v) is 15.6. The number of nitrogens with one attached hydrogen (secondary N) is 1. The summed E-state index contributed by atoms with van der Waals surface area (Å²) >= 11 is 0. The molecule has 0 aliphatic carbocycles. The molecule has 0 fully saturated rings. The highest BCUT2D eigenvalue weighted by Crippen LogP contribution is 2.27. The Morgan fingerprint density at radius 2 is 1.86 bits per heavy atom. The van der Waals surface area contributed by atoms with Crippen LogP contribution in [-0.4, -0.2) is 24.1 Å². The molecule has 0 bridgehead atoms. The first kappa shape index (κ1) is 16.5. The lowest BCUT2D eigenvalue weighted by atomic mass is 10.2. The first-order chi connectivity index (χ1) is 13.8. The minimum Gasteiger partial charge on any atom is -0.343 e. The van der Waals surface area contributed by atoms with E-state index in [1.807, 2.05) is 36.7 Å². The standard InChI is InChI=1S/C22H20N6/c1-2-27-12-9-19-21(27)22(25-15-24-19)26-17-6-7-20-16(13-17)8-11-28(20)14-18-5-3-4-10-23-18/h3-13,15H,2,14H2,1H3,(H,24,25,26). The van der Waals surface area contributed by atoms with Gasteiger partial charge in [0.15, 0.2) is 5.82 Å². The van der Waals surface area contributed by atoms with Crippen LogP contribution >= 0.6 is 0 Å². The Kier molecular flexibility index (Phi) is 4.01. The highest BCUT2D eigenvalue weighted by Gasteiger charge is 2.10. The van der Waals surface area contributed by atoms with Crippen LogP contribution in [0.3, 0.4) is 0 Å². The van der Waals surface area contributed by atoms with Gasteiger partial charge >= 0.3 is 0 Å². The maximum atomic E-state index is 4.47. The van der Waals surface area contributed by atoms with Crippen molar-refractivity contribution in [2.45, 2.75) is 20.0 Å². The summed E-state index contributed by atoms with van der Waals surface area (Å²) in [7, 11) is 0. The average Bonchev–Trinajstić information content (AvgIpc) is 3.33. The van der Waals surface area contributed by atoms with Crippen molar-refractivity contribution in [1.29, 1.82) is 0 Å².